The van der Waals surface area contributed by atoms with Crippen molar-refractivity contribution in [3.63, 3.8) is 0 Å². The SMILES string of the molecule is Nc1c2c(cc(=O)n1-c1ccc(Oc3cccnc3)cc1Cl)C(=O)NC2=O. The Hall–Kier alpha value is -3.65. The number of ether oxygens (including phenoxy) is 1. The number of hydrogen-bond acceptors (Lipinski definition) is 6. The highest BCUT2D eigenvalue weighted by Gasteiger charge is 2.32. The van der Waals surface area contributed by atoms with Crippen molar-refractivity contribution in [3.05, 3.63) is 75.3 Å². The zero-order valence-corrected chi connectivity index (χ0v) is 14.4. The number of rotatable bonds is 3. The summed E-state index contributed by atoms with van der Waals surface area (Å²) in [6.07, 6.45) is 3.16. The van der Waals surface area contributed by atoms with Crippen LogP contribution in [0, 0.1) is 0 Å². The first-order chi connectivity index (χ1) is 13.0. The number of pyridine rings is 2. The van der Waals surface area contributed by atoms with Crippen molar-refractivity contribution >= 4 is 29.2 Å². The number of hydrogen-bond donors (Lipinski definition) is 2. The van der Waals surface area contributed by atoms with Gasteiger partial charge in [0.05, 0.1) is 28.0 Å². The van der Waals surface area contributed by atoms with E-state index in [9.17, 15) is 14.4 Å². The molecular formula is C18H11ClN4O4. The monoisotopic (exact) mass is 382 g/mol. The Morgan fingerprint density at radius 3 is 2.59 bits per heavy atom. The van der Waals surface area contributed by atoms with Crippen molar-refractivity contribution < 1.29 is 14.3 Å². The van der Waals surface area contributed by atoms with Gasteiger partial charge in [0.25, 0.3) is 17.4 Å². The first-order valence-electron chi connectivity index (χ1n) is 7.74. The number of anilines is 1. The second-order valence-corrected chi connectivity index (χ2v) is 6.09. The molecule has 0 fully saturated rings. The lowest BCUT2D eigenvalue weighted by atomic mass is 10.1. The maximum Gasteiger partial charge on any atom is 0.262 e. The van der Waals surface area contributed by atoms with Crippen LogP contribution < -0.4 is 21.3 Å². The van der Waals surface area contributed by atoms with E-state index in [2.05, 4.69) is 10.3 Å². The molecular weight excluding hydrogens is 372 g/mol. The third-order valence-corrected chi connectivity index (χ3v) is 4.29. The minimum atomic E-state index is -0.658. The molecule has 0 radical (unpaired) electrons. The van der Waals surface area contributed by atoms with E-state index in [1.165, 1.54) is 12.1 Å². The molecule has 0 spiro atoms. The molecule has 0 atom stereocenters. The zero-order chi connectivity index (χ0) is 19.1. The summed E-state index contributed by atoms with van der Waals surface area (Å²) in [5, 5.41) is 2.29. The number of nitrogen functional groups attached to an aromatic ring is 1. The van der Waals surface area contributed by atoms with E-state index < -0.39 is 17.4 Å². The van der Waals surface area contributed by atoms with E-state index >= 15 is 0 Å². The van der Waals surface area contributed by atoms with Gasteiger partial charge in [0.2, 0.25) is 0 Å². The van der Waals surface area contributed by atoms with Gasteiger partial charge >= 0.3 is 0 Å². The lowest BCUT2D eigenvalue weighted by molar-refractivity contribution is 0.0880. The molecule has 0 saturated heterocycles. The number of aromatic nitrogens is 2. The van der Waals surface area contributed by atoms with Crippen molar-refractivity contribution in [1.82, 2.24) is 14.9 Å². The van der Waals surface area contributed by atoms with Gasteiger partial charge in [-0.3, -0.25) is 29.3 Å². The highest BCUT2D eigenvalue weighted by atomic mass is 35.5. The molecule has 8 nitrogen and oxygen atoms in total. The number of imide groups is 1. The van der Waals surface area contributed by atoms with E-state index in [-0.39, 0.29) is 27.7 Å². The van der Waals surface area contributed by atoms with Gasteiger partial charge in [-0.25, -0.2) is 0 Å². The van der Waals surface area contributed by atoms with Crippen LogP contribution in [0.5, 0.6) is 11.5 Å². The van der Waals surface area contributed by atoms with Crippen LogP contribution in [0.3, 0.4) is 0 Å². The predicted octanol–water partition coefficient (Wildman–Crippen LogP) is 2.14. The molecule has 1 aliphatic heterocycles. The van der Waals surface area contributed by atoms with Gasteiger partial charge in [-0.2, -0.15) is 0 Å². The Labute approximate surface area is 157 Å². The van der Waals surface area contributed by atoms with Gasteiger partial charge in [-0.1, -0.05) is 11.6 Å². The Balaban J connectivity index is 1.79. The maximum absolute atomic E-state index is 12.5. The van der Waals surface area contributed by atoms with Gasteiger partial charge in [-0.05, 0) is 24.3 Å². The fourth-order valence-electron chi connectivity index (χ4n) is 2.80. The molecule has 9 heteroatoms. The molecule has 0 unspecified atom stereocenters. The average molecular weight is 383 g/mol. The van der Waals surface area contributed by atoms with Gasteiger partial charge in [0.1, 0.15) is 17.3 Å². The van der Waals surface area contributed by atoms with Crippen LogP contribution in [0.1, 0.15) is 20.7 Å². The molecule has 2 aromatic heterocycles. The Morgan fingerprint density at radius 1 is 1.07 bits per heavy atom. The summed E-state index contributed by atoms with van der Waals surface area (Å²) in [4.78, 5) is 40.1. The second kappa shape index (κ2) is 6.26. The summed E-state index contributed by atoms with van der Waals surface area (Å²) in [6.45, 7) is 0. The molecule has 3 heterocycles. The van der Waals surface area contributed by atoms with Crippen molar-refractivity contribution in [2.24, 2.45) is 0 Å². The van der Waals surface area contributed by atoms with Crippen molar-refractivity contribution in [2.75, 3.05) is 5.73 Å². The Morgan fingerprint density at radius 2 is 1.89 bits per heavy atom. The molecule has 2 amide bonds. The third kappa shape index (κ3) is 2.81. The van der Waals surface area contributed by atoms with E-state index in [0.29, 0.717) is 11.5 Å². The van der Waals surface area contributed by atoms with E-state index in [1.54, 1.807) is 30.6 Å². The van der Waals surface area contributed by atoms with Crippen LogP contribution >= 0.6 is 11.6 Å². The van der Waals surface area contributed by atoms with Crippen LogP contribution in [0.4, 0.5) is 5.82 Å². The van der Waals surface area contributed by atoms with Gasteiger partial charge < -0.3 is 10.5 Å². The molecule has 0 aliphatic carbocycles. The molecule has 3 N–H and O–H groups in total. The van der Waals surface area contributed by atoms with Crippen molar-refractivity contribution in [2.45, 2.75) is 0 Å². The highest BCUT2D eigenvalue weighted by molar-refractivity contribution is 6.32. The third-order valence-electron chi connectivity index (χ3n) is 3.98. The summed E-state index contributed by atoms with van der Waals surface area (Å²) in [7, 11) is 0. The quantitative estimate of drug-likeness (QED) is 0.670. The molecule has 1 aliphatic rings. The van der Waals surface area contributed by atoms with Gasteiger partial charge in [-0.15, -0.1) is 0 Å². The number of nitrogens with zero attached hydrogens (tertiary/aromatic N) is 2. The minimum absolute atomic E-state index is 0.0496. The lowest BCUT2D eigenvalue weighted by Gasteiger charge is -2.14. The first-order valence-corrected chi connectivity index (χ1v) is 8.12. The minimum Gasteiger partial charge on any atom is -0.456 e. The van der Waals surface area contributed by atoms with E-state index in [0.717, 1.165) is 10.6 Å². The maximum atomic E-state index is 12.5. The summed E-state index contributed by atoms with van der Waals surface area (Å²) < 4.78 is 6.72. The number of fused-ring (bicyclic) bond motifs is 1. The molecule has 0 saturated carbocycles. The van der Waals surface area contributed by atoms with Crippen LogP contribution in [-0.4, -0.2) is 21.4 Å². The summed E-state index contributed by atoms with van der Waals surface area (Å²) in [6, 6.07) is 9.15. The van der Waals surface area contributed by atoms with Crippen LogP contribution in [0.15, 0.2) is 53.6 Å². The Kier molecular flexibility index (Phi) is 3.89. The number of benzene rings is 1. The average Bonchev–Trinajstić information content (AvgIpc) is 2.91. The summed E-state index contributed by atoms with van der Waals surface area (Å²) >= 11 is 6.31. The molecule has 3 aromatic rings. The van der Waals surface area contributed by atoms with Crippen molar-refractivity contribution in [3.8, 4) is 17.2 Å². The summed E-state index contributed by atoms with van der Waals surface area (Å²) in [5.41, 5.74) is 5.58. The second-order valence-electron chi connectivity index (χ2n) is 5.68. The zero-order valence-electron chi connectivity index (χ0n) is 13.6. The number of carbonyl (C=O) groups excluding carboxylic acids is 2. The molecule has 4 rings (SSSR count). The molecule has 27 heavy (non-hydrogen) atoms. The fourth-order valence-corrected chi connectivity index (χ4v) is 3.06. The number of carbonyl (C=O) groups is 2. The highest BCUT2D eigenvalue weighted by Crippen LogP contribution is 2.30. The standard InChI is InChI=1S/C18H11ClN4O4/c19-12-6-9(27-10-2-1-5-21-8-10)3-4-13(12)23-14(24)7-11-15(16(23)20)18(26)22-17(11)25/h1-8H,20H2,(H,22,25,26). The van der Waals surface area contributed by atoms with Crippen LogP contribution in [-0.2, 0) is 0 Å². The van der Waals surface area contributed by atoms with E-state index in [4.69, 9.17) is 22.1 Å². The Bertz CT molecular complexity index is 1160. The topological polar surface area (TPSA) is 116 Å². The predicted molar refractivity (Wildman–Crippen MR) is 97.6 cm³/mol. The smallest absolute Gasteiger partial charge is 0.262 e. The van der Waals surface area contributed by atoms with Crippen LogP contribution in [0.25, 0.3) is 5.69 Å². The van der Waals surface area contributed by atoms with Crippen LogP contribution in [0.2, 0.25) is 5.02 Å². The van der Waals surface area contributed by atoms with Crippen molar-refractivity contribution in [1.29, 1.82) is 0 Å². The number of amides is 2. The number of halogens is 1. The normalized spacial score (nSPS) is 12.6. The van der Waals surface area contributed by atoms with Gasteiger partial charge in [0, 0.05) is 18.3 Å². The van der Waals surface area contributed by atoms with Gasteiger partial charge in [0.15, 0.2) is 0 Å². The molecule has 134 valence electrons. The molecule has 0 bridgehead atoms. The lowest BCUT2D eigenvalue weighted by Crippen LogP contribution is -2.24. The fraction of sp³-hybridized carbons (Fsp3) is 0. The largest absolute Gasteiger partial charge is 0.456 e. The van der Waals surface area contributed by atoms with E-state index in [1.807, 2.05) is 0 Å². The first kappa shape index (κ1) is 16.8. The molecule has 1 aromatic carbocycles. The summed E-state index contributed by atoms with van der Waals surface area (Å²) in [5.74, 6) is -0.530. The number of nitrogens with two attached hydrogens (primary N) is 1. The number of nitrogens with one attached hydrogen (secondary N) is 1.